The molecule has 3 rings (SSSR count). The van der Waals surface area contributed by atoms with E-state index in [-0.39, 0.29) is 25.6 Å². The number of alkyl halides is 2. The van der Waals surface area contributed by atoms with Crippen LogP contribution in [0.4, 0.5) is 8.78 Å². The van der Waals surface area contributed by atoms with Gasteiger partial charge in [0.05, 0.1) is 24.8 Å². The third-order valence-corrected chi connectivity index (χ3v) is 5.12. The first-order valence-electron chi connectivity index (χ1n) is 8.46. The Hall–Kier alpha value is -1.55. The Bertz CT molecular complexity index is 609. The summed E-state index contributed by atoms with van der Waals surface area (Å²) < 4.78 is 27.3. The van der Waals surface area contributed by atoms with Gasteiger partial charge in [0.2, 0.25) is 0 Å². The van der Waals surface area contributed by atoms with E-state index in [9.17, 15) is 13.9 Å². The molecule has 0 unspecified atom stereocenters. The molecule has 0 aromatic heterocycles. The Kier molecular flexibility index (Phi) is 5.14. The predicted octanol–water partition coefficient (Wildman–Crippen LogP) is 2.22. The number of aliphatic hydroxyl groups excluding tert-OH is 1. The van der Waals surface area contributed by atoms with Crippen molar-refractivity contribution in [2.24, 2.45) is 0 Å². The van der Waals surface area contributed by atoms with Crippen molar-refractivity contribution in [2.45, 2.75) is 43.8 Å². The van der Waals surface area contributed by atoms with Crippen LogP contribution in [0.1, 0.15) is 30.4 Å². The quantitative estimate of drug-likeness (QED) is 0.917. The first-order chi connectivity index (χ1) is 11.5. The molecule has 1 atom stereocenters. The highest BCUT2D eigenvalue weighted by Gasteiger charge is 2.47. The molecule has 0 spiro atoms. The molecule has 0 radical (unpaired) electrons. The first kappa shape index (κ1) is 17.3. The zero-order valence-electron chi connectivity index (χ0n) is 13.7. The number of likely N-dealkylation sites (tertiary alicyclic amines) is 2. The zero-order valence-corrected chi connectivity index (χ0v) is 13.7. The Labute approximate surface area is 141 Å². The number of nitriles is 1. The van der Waals surface area contributed by atoms with Gasteiger partial charge in [-0.3, -0.25) is 9.80 Å². The highest BCUT2D eigenvalue weighted by atomic mass is 19.3. The smallest absolute Gasteiger partial charge is 0.262 e. The lowest BCUT2D eigenvalue weighted by molar-refractivity contribution is 0.00266. The van der Waals surface area contributed by atoms with Crippen molar-refractivity contribution in [2.75, 3.05) is 26.2 Å². The number of benzene rings is 1. The van der Waals surface area contributed by atoms with Crippen molar-refractivity contribution in [1.29, 1.82) is 5.26 Å². The maximum absolute atomic E-state index is 13.6. The lowest BCUT2D eigenvalue weighted by Gasteiger charge is -2.38. The van der Waals surface area contributed by atoms with Gasteiger partial charge in [0.25, 0.3) is 5.92 Å². The van der Waals surface area contributed by atoms with Gasteiger partial charge in [-0.05, 0) is 43.6 Å². The summed E-state index contributed by atoms with van der Waals surface area (Å²) in [5.41, 5.74) is 1.76. The molecule has 1 aromatic rings. The molecule has 1 aromatic carbocycles. The van der Waals surface area contributed by atoms with Gasteiger partial charge in [0.1, 0.15) is 0 Å². The van der Waals surface area contributed by atoms with E-state index in [1.165, 1.54) is 0 Å². The van der Waals surface area contributed by atoms with E-state index < -0.39 is 12.0 Å². The number of halogens is 2. The van der Waals surface area contributed by atoms with E-state index in [0.29, 0.717) is 5.56 Å². The Balaban J connectivity index is 1.55. The number of piperidine rings is 1. The van der Waals surface area contributed by atoms with Gasteiger partial charge in [-0.2, -0.15) is 5.26 Å². The summed E-state index contributed by atoms with van der Waals surface area (Å²) in [6.07, 6.45) is 1.44. The van der Waals surface area contributed by atoms with Crippen LogP contribution in [0.15, 0.2) is 24.3 Å². The van der Waals surface area contributed by atoms with E-state index in [0.717, 1.165) is 38.0 Å². The molecule has 2 fully saturated rings. The van der Waals surface area contributed by atoms with Gasteiger partial charge >= 0.3 is 0 Å². The highest BCUT2D eigenvalue weighted by molar-refractivity contribution is 5.32. The Morgan fingerprint density at radius 2 is 2.04 bits per heavy atom. The summed E-state index contributed by atoms with van der Waals surface area (Å²) in [5, 5.41) is 18.3. The van der Waals surface area contributed by atoms with E-state index in [4.69, 9.17) is 5.26 Å². The van der Waals surface area contributed by atoms with Crippen LogP contribution in [0, 0.1) is 11.3 Å². The van der Waals surface area contributed by atoms with Gasteiger partial charge < -0.3 is 5.11 Å². The second-order valence-electron chi connectivity index (χ2n) is 6.89. The van der Waals surface area contributed by atoms with Crippen molar-refractivity contribution < 1.29 is 13.9 Å². The number of aliphatic hydroxyl groups is 1. The molecular weight excluding hydrogens is 312 g/mol. The van der Waals surface area contributed by atoms with Crippen LogP contribution in [-0.2, 0) is 6.54 Å². The van der Waals surface area contributed by atoms with Crippen molar-refractivity contribution in [1.82, 2.24) is 9.80 Å². The van der Waals surface area contributed by atoms with E-state index >= 15 is 0 Å². The van der Waals surface area contributed by atoms with Crippen LogP contribution in [-0.4, -0.2) is 59.2 Å². The monoisotopic (exact) mass is 335 g/mol. The van der Waals surface area contributed by atoms with E-state index in [1.807, 2.05) is 23.1 Å². The maximum Gasteiger partial charge on any atom is 0.262 e. The Morgan fingerprint density at radius 3 is 2.71 bits per heavy atom. The molecule has 1 N–H and O–H groups in total. The average Bonchev–Trinajstić information content (AvgIpc) is 2.90. The van der Waals surface area contributed by atoms with E-state index in [1.54, 1.807) is 6.07 Å². The topological polar surface area (TPSA) is 50.5 Å². The van der Waals surface area contributed by atoms with Gasteiger partial charge in [-0.25, -0.2) is 8.78 Å². The molecule has 4 nitrogen and oxygen atoms in total. The molecule has 2 saturated heterocycles. The summed E-state index contributed by atoms with van der Waals surface area (Å²) in [6, 6.07) is 9.44. The van der Waals surface area contributed by atoms with Crippen LogP contribution in [0.25, 0.3) is 0 Å². The minimum Gasteiger partial charge on any atom is -0.395 e. The third-order valence-electron chi connectivity index (χ3n) is 5.12. The minimum atomic E-state index is -2.68. The molecule has 2 aliphatic heterocycles. The van der Waals surface area contributed by atoms with Gasteiger partial charge in [-0.1, -0.05) is 12.1 Å². The maximum atomic E-state index is 13.6. The molecule has 0 saturated carbocycles. The average molecular weight is 335 g/mol. The summed E-state index contributed by atoms with van der Waals surface area (Å²) in [6.45, 7) is 2.05. The lowest BCUT2D eigenvalue weighted by atomic mass is 10.0. The molecule has 2 heterocycles. The van der Waals surface area contributed by atoms with Crippen molar-refractivity contribution >= 4 is 0 Å². The number of hydrogen-bond acceptors (Lipinski definition) is 4. The predicted molar refractivity (Wildman–Crippen MR) is 86.6 cm³/mol. The van der Waals surface area contributed by atoms with Gasteiger partial charge in [-0.15, -0.1) is 0 Å². The summed E-state index contributed by atoms with van der Waals surface area (Å²) in [4.78, 5) is 4.11. The fraction of sp³-hybridized carbons (Fsp3) is 0.611. The van der Waals surface area contributed by atoms with Crippen LogP contribution in [0.5, 0.6) is 0 Å². The van der Waals surface area contributed by atoms with Crippen LogP contribution < -0.4 is 0 Å². The van der Waals surface area contributed by atoms with E-state index in [2.05, 4.69) is 11.0 Å². The molecule has 2 aliphatic rings. The van der Waals surface area contributed by atoms with Crippen molar-refractivity contribution in [3.63, 3.8) is 0 Å². The van der Waals surface area contributed by atoms with Crippen molar-refractivity contribution in [3.05, 3.63) is 35.4 Å². The summed E-state index contributed by atoms with van der Waals surface area (Å²) >= 11 is 0. The first-order valence-corrected chi connectivity index (χ1v) is 8.46. The third kappa shape index (κ3) is 3.92. The minimum absolute atomic E-state index is 0.122. The van der Waals surface area contributed by atoms with Gasteiger partial charge in [0.15, 0.2) is 0 Å². The second kappa shape index (κ2) is 7.14. The molecular formula is C18H23F2N3O. The fourth-order valence-corrected chi connectivity index (χ4v) is 3.93. The highest BCUT2D eigenvalue weighted by Crippen LogP contribution is 2.35. The summed E-state index contributed by atoms with van der Waals surface area (Å²) in [5.74, 6) is -2.68. The van der Waals surface area contributed by atoms with Crippen LogP contribution in [0.2, 0.25) is 0 Å². The van der Waals surface area contributed by atoms with Crippen molar-refractivity contribution in [3.8, 4) is 6.07 Å². The zero-order chi connectivity index (χ0) is 17.2. The van der Waals surface area contributed by atoms with Gasteiger partial charge in [0, 0.05) is 25.0 Å². The standard InChI is InChI=1S/C18H23F2N3O/c19-18(20)9-17(12-24)23(13-18)16-4-6-22(7-5-16)11-15-3-1-2-14(8-15)10-21/h1-3,8,16-17,24H,4-7,9,11-13H2/t17-/m0/s1. The molecule has 6 heteroatoms. The molecule has 0 amide bonds. The second-order valence-corrected chi connectivity index (χ2v) is 6.89. The fourth-order valence-electron chi connectivity index (χ4n) is 3.93. The number of rotatable bonds is 4. The van der Waals surface area contributed by atoms with Crippen LogP contribution in [0.3, 0.4) is 0 Å². The molecule has 0 bridgehead atoms. The molecule has 0 aliphatic carbocycles. The number of hydrogen-bond donors (Lipinski definition) is 1. The summed E-state index contributed by atoms with van der Waals surface area (Å²) in [7, 11) is 0. The number of nitrogens with zero attached hydrogens (tertiary/aromatic N) is 3. The SMILES string of the molecule is N#Cc1cccc(CN2CCC(N3CC(F)(F)C[C@H]3CO)CC2)c1. The van der Waals surface area contributed by atoms with Crippen LogP contribution >= 0.6 is 0 Å². The molecule has 130 valence electrons. The Morgan fingerprint density at radius 1 is 1.29 bits per heavy atom. The normalized spacial score (nSPS) is 25.7. The largest absolute Gasteiger partial charge is 0.395 e. The lowest BCUT2D eigenvalue weighted by Crippen LogP contribution is -2.47. The molecule has 24 heavy (non-hydrogen) atoms.